The van der Waals surface area contributed by atoms with Gasteiger partial charge in [0.15, 0.2) is 0 Å². The van der Waals surface area contributed by atoms with E-state index in [-0.39, 0.29) is 35.0 Å². The van der Waals surface area contributed by atoms with Crippen molar-refractivity contribution in [1.82, 2.24) is 4.90 Å². The summed E-state index contributed by atoms with van der Waals surface area (Å²) in [7, 11) is 0. The first-order chi connectivity index (χ1) is 14.6. The van der Waals surface area contributed by atoms with Gasteiger partial charge in [-0.2, -0.15) is 13.2 Å². The number of carbonyl (C=O) groups is 2. The van der Waals surface area contributed by atoms with E-state index < -0.39 is 17.7 Å². The van der Waals surface area contributed by atoms with Crippen molar-refractivity contribution in [2.45, 2.75) is 31.9 Å². The molecule has 0 spiro atoms. The van der Waals surface area contributed by atoms with Crippen LogP contribution in [0.5, 0.6) is 0 Å². The number of likely N-dealkylation sites (tertiary alicyclic amines) is 1. The van der Waals surface area contributed by atoms with Gasteiger partial charge in [-0.05, 0) is 66.8 Å². The van der Waals surface area contributed by atoms with Crippen molar-refractivity contribution in [3.05, 3.63) is 64.7 Å². The third-order valence-electron chi connectivity index (χ3n) is 6.39. The maximum absolute atomic E-state index is 13.4. The van der Waals surface area contributed by atoms with Gasteiger partial charge in [0.2, 0.25) is 0 Å². The minimum atomic E-state index is -4.38. The lowest BCUT2D eigenvalue weighted by molar-refractivity contribution is -0.138. The first kappa shape index (κ1) is 21.2. The molecule has 2 N–H and O–H groups in total. The van der Waals surface area contributed by atoms with Gasteiger partial charge < -0.3 is 15.3 Å². The number of fused-ring (bicyclic) bond motifs is 1. The summed E-state index contributed by atoms with van der Waals surface area (Å²) < 4.78 is 40.1. The zero-order chi connectivity index (χ0) is 22.3. The first-order valence-electron chi connectivity index (χ1n) is 10.2. The topological polar surface area (TPSA) is 69.6 Å². The average molecular weight is 432 g/mol. The summed E-state index contributed by atoms with van der Waals surface area (Å²) in [6.07, 6.45) is -3.17. The van der Waals surface area contributed by atoms with E-state index in [0.29, 0.717) is 31.5 Å². The lowest BCUT2D eigenvalue weighted by atomic mass is 9.91. The smallest absolute Gasteiger partial charge is 0.416 e. The fourth-order valence-corrected chi connectivity index (χ4v) is 4.97. The van der Waals surface area contributed by atoms with Gasteiger partial charge in [-0.1, -0.05) is 24.3 Å². The molecule has 1 heterocycles. The standard InChI is InChI=1S/C23H23F3N2O3/c1-13-6-7-18(21(29)30)20(8-13)27-22(31)28-11-15-9-14(10-16(15)12-28)17-4-2-3-5-19(17)23(24,25)26/h2-8,14-16H,9-12H2,1H3,(H,27,31)(H,29,30)/t14?,15-,16+. The highest BCUT2D eigenvalue weighted by molar-refractivity contribution is 6.00. The largest absolute Gasteiger partial charge is 0.478 e. The summed E-state index contributed by atoms with van der Waals surface area (Å²) in [5.74, 6) is -1.03. The molecule has 164 valence electrons. The number of benzene rings is 2. The Hall–Kier alpha value is -3.03. The minimum Gasteiger partial charge on any atom is -0.478 e. The molecule has 5 nitrogen and oxygen atoms in total. The van der Waals surface area contributed by atoms with E-state index in [1.165, 1.54) is 12.1 Å². The quantitative estimate of drug-likeness (QED) is 0.685. The Kier molecular flexibility index (Phi) is 5.41. The number of hydrogen-bond donors (Lipinski definition) is 2. The van der Waals surface area contributed by atoms with E-state index in [1.54, 1.807) is 36.1 Å². The van der Waals surface area contributed by atoms with Crippen molar-refractivity contribution in [1.29, 1.82) is 0 Å². The zero-order valence-electron chi connectivity index (χ0n) is 16.9. The van der Waals surface area contributed by atoms with Crippen molar-refractivity contribution in [3.8, 4) is 0 Å². The summed E-state index contributed by atoms with van der Waals surface area (Å²) in [6.45, 7) is 2.71. The molecule has 2 aromatic carbocycles. The second-order valence-electron chi connectivity index (χ2n) is 8.46. The predicted molar refractivity (Wildman–Crippen MR) is 109 cm³/mol. The van der Waals surface area contributed by atoms with Crippen LogP contribution in [0.4, 0.5) is 23.7 Å². The Bertz CT molecular complexity index is 1010. The maximum Gasteiger partial charge on any atom is 0.416 e. The highest BCUT2D eigenvalue weighted by atomic mass is 19.4. The van der Waals surface area contributed by atoms with Gasteiger partial charge in [0.05, 0.1) is 16.8 Å². The Morgan fingerprint density at radius 1 is 1.06 bits per heavy atom. The van der Waals surface area contributed by atoms with Crippen LogP contribution in [0.3, 0.4) is 0 Å². The number of nitrogens with zero attached hydrogens (tertiary/aromatic N) is 1. The van der Waals surface area contributed by atoms with E-state index >= 15 is 0 Å². The molecule has 1 unspecified atom stereocenters. The van der Waals surface area contributed by atoms with Crippen LogP contribution in [0.2, 0.25) is 0 Å². The zero-order valence-corrected chi connectivity index (χ0v) is 16.9. The number of halogens is 3. The summed E-state index contributed by atoms with van der Waals surface area (Å²) in [6, 6.07) is 10.1. The Labute approximate surface area is 177 Å². The molecule has 3 atom stereocenters. The second kappa shape index (κ2) is 7.90. The Balaban J connectivity index is 1.43. The number of carboxylic acid groups (broad SMARTS) is 1. The van der Waals surface area contributed by atoms with E-state index in [0.717, 1.165) is 11.6 Å². The van der Waals surface area contributed by atoms with Crippen molar-refractivity contribution >= 4 is 17.7 Å². The van der Waals surface area contributed by atoms with Crippen LogP contribution >= 0.6 is 0 Å². The summed E-state index contributed by atoms with van der Waals surface area (Å²) in [5.41, 5.74) is 0.847. The van der Waals surface area contributed by atoms with Crippen LogP contribution in [-0.4, -0.2) is 35.1 Å². The van der Waals surface area contributed by atoms with Crippen molar-refractivity contribution in [3.63, 3.8) is 0 Å². The van der Waals surface area contributed by atoms with Gasteiger partial charge in [0.25, 0.3) is 0 Å². The summed E-state index contributed by atoms with van der Waals surface area (Å²) in [5, 5.41) is 12.0. The first-order valence-corrected chi connectivity index (χ1v) is 10.2. The normalized spacial score (nSPS) is 23.0. The molecular formula is C23H23F3N2O3. The number of carbonyl (C=O) groups excluding carboxylic acids is 1. The molecule has 1 saturated heterocycles. The molecular weight excluding hydrogens is 409 g/mol. The average Bonchev–Trinajstić information content (AvgIpc) is 3.26. The minimum absolute atomic E-state index is 0.0159. The molecule has 1 saturated carbocycles. The van der Waals surface area contributed by atoms with E-state index in [1.807, 2.05) is 0 Å². The van der Waals surface area contributed by atoms with Crippen LogP contribution in [0, 0.1) is 18.8 Å². The number of aromatic carboxylic acids is 1. The van der Waals surface area contributed by atoms with E-state index in [9.17, 15) is 27.9 Å². The molecule has 2 amide bonds. The lowest BCUT2D eigenvalue weighted by Crippen LogP contribution is -2.34. The van der Waals surface area contributed by atoms with Crippen molar-refractivity contribution < 1.29 is 27.9 Å². The van der Waals surface area contributed by atoms with Crippen LogP contribution in [0.15, 0.2) is 42.5 Å². The molecule has 4 rings (SSSR count). The summed E-state index contributed by atoms with van der Waals surface area (Å²) >= 11 is 0. The second-order valence-corrected chi connectivity index (χ2v) is 8.46. The third-order valence-corrected chi connectivity index (χ3v) is 6.39. The monoisotopic (exact) mass is 432 g/mol. The number of rotatable bonds is 3. The van der Waals surface area contributed by atoms with Crippen LogP contribution in [-0.2, 0) is 6.18 Å². The molecule has 1 aliphatic carbocycles. The lowest BCUT2D eigenvalue weighted by Gasteiger charge is -2.22. The van der Waals surface area contributed by atoms with Gasteiger partial charge in [0, 0.05) is 13.1 Å². The van der Waals surface area contributed by atoms with Gasteiger partial charge >= 0.3 is 18.2 Å². The molecule has 0 aromatic heterocycles. The SMILES string of the molecule is Cc1ccc(C(=O)O)c(NC(=O)N2C[C@H]3CC(c4ccccc4C(F)(F)F)C[C@H]3C2)c1. The molecule has 2 aromatic rings. The molecule has 8 heteroatoms. The molecule has 1 aliphatic heterocycles. The highest BCUT2D eigenvalue weighted by Crippen LogP contribution is 2.48. The molecule has 2 aliphatic rings. The molecule has 2 fully saturated rings. The summed E-state index contributed by atoms with van der Waals surface area (Å²) in [4.78, 5) is 25.8. The fraction of sp³-hybridized carbons (Fsp3) is 0.391. The Morgan fingerprint density at radius 3 is 2.32 bits per heavy atom. The third kappa shape index (κ3) is 4.24. The van der Waals surface area contributed by atoms with Crippen LogP contribution in [0.25, 0.3) is 0 Å². The van der Waals surface area contributed by atoms with Crippen molar-refractivity contribution in [2.24, 2.45) is 11.8 Å². The number of alkyl halides is 3. The highest BCUT2D eigenvalue weighted by Gasteiger charge is 2.45. The number of hydrogen-bond acceptors (Lipinski definition) is 2. The number of urea groups is 1. The number of carboxylic acids is 1. The van der Waals surface area contributed by atoms with Gasteiger partial charge in [-0.3, -0.25) is 0 Å². The molecule has 31 heavy (non-hydrogen) atoms. The maximum atomic E-state index is 13.4. The van der Waals surface area contributed by atoms with Gasteiger partial charge in [-0.25, -0.2) is 9.59 Å². The Morgan fingerprint density at radius 2 is 1.71 bits per heavy atom. The van der Waals surface area contributed by atoms with Gasteiger partial charge in [0.1, 0.15) is 0 Å². The van der Waals surface area contributed by atoms with Gasteiger partial charge in [-0.15, -0.1) is 0 Å². The van der Waals surface area contributed by atoms with Crippen LogP contribution < -0.4 is 5.32 Å². The number of anilines is 1. The van der Waals surface area contributed by atoms with E-state index in [2.05, 4.69) is 5.32 Å². The number of amides is 2. The van der Waals surface area contributed by atoms with E-state index in [4.69, 9.17) is 0 Å². The number of aryl methyl sites for hydroxylation is 1. The van der Waals surface area contributed by atoms with Crippen LogP contribution in [0.1, 0.15) is 45.8 Å². The number of nitrogens with one attached hydrogen (secondary N) is 1. The fourth-order valence-electron chi connectivity index (χ4n) is 4.97. The van der Waals surface area contributed by atoms with Crippen molar-refractivity contribution in [2.75, 3.05) is 18.4 Å². The molecule has 0 bridgehead atoms. The predicted octanol–water partition coefficient (Wildman–Crippen LogP) is 5.37. The molecule has 0 radical (unpaired) electrons.